The molecule has 0 radical (unpaired) electrons. The third-order valence-corrected chi connectivity index (χ3v) is 4.22. The zero-order valence-electron chi connectivity index (χ0n) is 9.50. The minimum atomic E-state index is 0.793. The fraction of sp³-hybridized carbons (Fsp3) is 0.500. The van der Waals surface area contributed by atoms with E-state index < -0.39 is 0 Å². The van der Waals surface area contributed by atoms with Gasteiger partial charge in [-0.15, -0.1) is 0 Å². The quantitative estimate of drug-likeness (QED) is 0.634. The molecule has 0 aliphatic heterocycles. The summed E-state index contributed by atoms with van der Waals surface area (Å²) in [5.41, 5.74) is 0. The summed E-state index contributed by atoms with van der Waals surface area (Å²) < 4.78 is 1.16. The predicted molar refractivity (Wildman–Crippen MR) is 75.9 cm³/mol. The largest absolute Gasteiger partial charge is 0.215 e. The van der Waals surface area contributed by atoms with Gasteiger partial charge in [0.15, 0.2) is 0 Å². The molecule has 0 unspecified atom stereocenters. The molecule has 0 bridgehead atoms. The number of rotatable bonds is 6. The van der Waals surface area contributed by atoms with Gasteiger partial charge >= 0.3 is 0 Å². The molecular weight excluding hydrogens is 267 g/mol. The van der Waals surface area contributed by atoms with Gasteiger partial charge in [0.25, 0.3) is 0 Å². The second-order valence-electron chi connectivity index (χ2n) is 3.77. The van der Waals surface area contributed by atoms with Gasteiger partial charge in [-0.25, -0.2) is 0 Å². The van der Waals surface area contributed by atoms with Crippen LogP contribution in [0.4, 0.5) is 0 Å². The Bertz CT molecular complexity index is 267. The topological polar surface area (TPSA) is 0 Å². The van der Waals surface area contributed by atoms with Crippen molar-refractivity contribution in [2.24, 2.45) is 0 Å². The lowest BCUT2D eigenvalue weighted by Crippen LogP contribution is -2.05. The van der Waals surface area contributed by atoms with Crippen LogP contribution >= 0.6 is 27.5 Å². The van der Waals surface area contributed by atoms with Crippen molar-refractivity contribution in [1.82, 2.24) is 0 Å². The van der Waals surface area contributed by atoms with Crippen LogP contribution in [0.3, 0.4) is 0 Å². The molecule has 0 aliphatic rings. The van der Waals surface area contributed by atoms with E-state index in [4.69, 9.17) is 0 Å². The minimum Gasteiger partial charge on any atom is -0.176 e. The van der Waals surface area contributed by atoms with Crippen LogP contribution in [0.25, 0.3) is 0 Å². The average Bonchev–Trinajstić information content (AvgIpc) is 2.22. The summed E-state index contributed by atoms with van der Waals surface area (Å²) in [5.74, 6) is 0.793. The summed E-state index contributed by atoms with van der Waals surface area (Å²) in [6.45, 7) is 4.54. The Labute approximate surface area is 106 Å². The molecule has 15 heavy (non-hydrogen) atoms. The van der Waals surface area contributed by atoms with Crippen LogP contribution in [0.5, 0.6) is 0 Å². The molecule has 0 atom stereocenters. The molecular formula is C12H18BBrS. The molecule has 0 N–H and O–H groups in total. The van der Waals surface area contributed by atoms with Gasteiger partial charge in [-0.1, -0.05) is 55.3 Å². The molecule has 1 aromatic rings. The van der Waals surface area contributed by atoms with Gasteiger partial charge in [-0.05, 0) is 29.2 Å². The van der Waals surface area contributed by atoms with E-state index in [0.717, 1.165) is 10.5 Å². The molecule has 0 heterocycles. The van der Waals surface area contributed by atoms with Crippen LogP contribution in [0, 0.1) is 0 Å². The first-order valence-corrected chi connectivity index (χ1v) is 7.35. The maximum Gasteiger partial charge on any atom is 0.215 e. The Hall–Kier alpha value is 0.115. The lowest BCUT2D eigenvalue weighted by molar-refractivity contribution is 1.02. The van der Waals surface area contributed by atoms with E-state index in [0.29, 0.717) is 0 Å². The first-order chi connectivity index (χ1) is 7.26. The summed E-state index contributed by atoms with van der Waals surface area (Å²) in [6.07, 6.45) is 5.23. The first kappa shape index (κ1) is 13.2. The van der Waals surface area contributed by atoms with Crippen LogP contribution < -0.4 is 0 Å². The van der Waals surface area contributed by atoms with Crippen LogP contribution in [0.15, 0.2) is 33.6 Å². The normalized spacial score (nSPS) is 10.3. The summed E-state index contributed by atoms with van der Waals surface area (Å²) in [5, 5.41) is 0. The van der Waals surface area contributed by atoms with Crippen molar-refractivity contribution >= 4 is 33.5 Å². The lowest BCUT2D eigenvalue weighted by Gasteiger charge is -2.11. The molecule has 1 aromatic carbocycles. The van der Waals surface area contributed by atoms with Crippen molar-refractivity contribution in [3.63, 3.8) is 0 Å². The van der Waals surface area contributed by atoms with E-state index in [9.17, 15) is 0 Å². The van der Waals surface area contributed by atoms with Crippen molar-refractivity contribution in [1.29, 1.82) is 0 Å². The van der Waals surface area contributed by atoms with Crippen molar-refractivity contribution in [2.75, 3.05) is 0 Å². The molecule has 1 rings (SSSR count). The Kier molecular flexibility index (Phi) is 6.50. The highest BCUT2D eigenvalue weighted by Gasteiger charge is 2.12. The highest BCUT2D eigenvalue weighted by molar-refractivity contribution is 9.10. The molecule has 0 spiro atoms. The Morgan fingerprint density at radius 1 is 1.07 bits per heavy atom. The van der Waals surface area contributed by atoms with Crippen LogP contribution in [-0.4, -0.2) is 5.99 Å². The van der Waals surface area contributed by atoms with Crippen LogP contribution in [0.2, 0.25) is 12.6 Å². The first-order valence-electron chi connectivity index (χ1n) is 5.68. The van der Waals surface area contributed by atoms with Crippen molar-refractivity contribution in [3.8, 4) is 0 Å². The second-order valence-corrected chi connectivity index (χ2v) is 6.06. The van der Waals surface area contributed by atoms with Gasteiger partial charge in [0.2, 0.25) is 5.99 Å². The molecule has 0 aromatic heterocycles. The Balaban J connectivity index is 2.53. The fourth-order valence-electron chi connectivity index (χ4n) is 1.61. The smallest absolute Gasteiger partial charge is 0.176 e. The number of halogens is 1. The minimum absolute atomic E-state index is 0.793. The standard InChI is InChI=1S/C12H18BBrS/c1-3-9-13(10-4-2)15-12-7-5-11(14)6-8-12/h5-8H,3-4,9-10H2,1-2H3. The third kappa shape index (κ3) is 5.12. The molecule has 0 amide bonds. The second kappa shape index (κ2) is 7.40. The van der Waals surface area contributed by atoms with E-state index >= 15 is 0 Å². The van der Waals surface area contributed by atoms with Crippen molar-refractivity contribution in [3.05, 3.63) is 28.7 Å². The zero-order chi connectivity index (χ0) is 11.1. The number of benzene rings is 1. The van der Waals surface area contributed by atoms with Gasteiger partial charge in [0.1, 0.15) is 0 Å². The molecule has 0 aliphatic carbocycles. The number of hydrogen-bond acceptors (Lipinski definition) is 1. The maximum atomic E-state index is 3.46. The van der Waals surface area contributed by atoms with E-state index in [1.165, 1.54) is 30.4 Å². The van der Waals surface area contributed by atoms with Crippen LogP contribution in [-0.2, 0) is 0 Å². The highest BCUT2D eigenvalue weighted by atomic mass is 79.9. The Morgan fingerprint density at radius 3 is 2.07 bits per heavy atom. The van der Waals surface area contributed by atoms with E-state index in [-0.39, 0.29) is 0 Å². The van der Waals surface area contributed by atoms with Crippen molar-refractivity contribution < 1.29 is 0 Å². The molecule has 82 valence electrons. The molecule has 0 fully saturated rings. The summed E-state index contributed by atoms with van der Waals surface area (Å²) >= 11 is 5.49. The van der Waals surface area contributed by atoms with Crippen LogP contribution in [0.1, 0.15) is 26.7 Å². The fourth-order valence-corrected chi connectivity index (χ4v) is 3.26. The van der Waals surface area contributed by atoms with E-state index in [2.05, 4.69) is 54.0 Å². The van der Waals surface area contributed by atoms with Gasteiger partial charge in [-0.3, -0.25) is 0 Å². The van der Waals surface area contributed by atoms with Gasteiger partial charge in [-0.2, -0.15) is 11.6 Å². The van der Waals surface area contributed by atoms with Gasteiger partial charge in [0, 0.05) is 4.47 Å². The average molecular weight is 285 g/mol. The monoisotopic (exact) mass is 284 g/mol. The lowest BCUT2D eigenvalue weighted by atomic mass is 9.67. The van der Waals surface area contributed by atoms with E-state index in [1.807, 2.05) is 11.6 Å². The third-order valence-electron chi connectivity index (χ3n) is 2.34. The van der Waals surface area contributed by atoms with Crippen molar-refractivity contribution in [2.45, 2.75) is 44.2 Å². The molecule has 0 saturated carbocycles. The SMILES string of the molecule is CCCB(CCC)Sc1ccc(Br)cc1. The highest BCUT2D eigenvalue weighted by Crippen LogP contribution is 2.28. The predicted octanol–water partition coefficient (Wildman–Crippen LogP) is 5.35. The van der Waals surface area contributed by atoms with E-state index in [1.54, 1.807) is 0 Å². The summed E-state index contributed by atoms with van der Waals surface area (Å²) in [7, 11) is 0. The molecule has 0 saturated heterocycles. The summed E-state index contributed by atoms with van der Waals surface area (Å²) in [4.78, 5) is 1.39. The molecule has 0 nitrogen and oxygen atoms in total. The van der Waals surface area contributed by atoms with Gasteiger partial charge < -0.3 is 0 Å². The Morgan fingerprint density at radius 2 is 1.60 bits per heavy atom. The van der Waals surface area contributed by atoms with Gasteiger partial charge in [0.05, 0.1) is 0 Å². The maximum absolute atomic E-state index is 3.46. The summed E-state index contributed by atoms with van der Waals surface area (Å²) in [6, 6.07) is 8.65. The zero-order valence-corrected chi connectivity index (χ0v) is 11.9. The number of hydrogen-bond donors (Lipinski definition) is 0. The molecule has 3 heteroatoms.